The van der Waals surface area contributed by atoms with Crippen molar-refractivity contribution < 1.29 is 4.79 Å². The van der Waals surface area contributed by atoms with Crippen molar-refractivity contribution in [2.75, 3.05) is 11.1 Å². The zero-order chi connectivity index (χ0) is 14.8. The van der Waals surface area contributed by atoms with Gasteiger partial charge in [-0.05, 0) is 36.4 Å². The van der Waals surface area contributed by atoms with Gasteiger partial charge >= 0.3 is 0 Å². The number of benzene rings is 2. The smallest absolute Gasteiger partial charge is 0.256 e. The number of halogens is 1. The zero-order valence-corrected chi connectivity index (χ0v) is 11.8. The number of amides is 1. The summed E-state index contributed by atoms with van der Waals surface area (Å²) in [6.07, 6.45) is 1.69. The third kappa shape index (κ3) is 2.66. The van der Waals surface area contributed by atoms with Gasteiger partial charge in [0, 0.05) is 22.2 Å². The number of carbonyl (C=O) groups is 1. The largest absolute Gasteiger partial charge is 0.397 e. The van der Waals surface area contributed by atoms with Crippen LogP contribution in [-0.4, -0.2) is 10.9 Å². The predicted octanol–water partition coefficient (Wildman–Crippen LogP) is 3.72. The van der Waals surface area contributed by atoms with Crippen molar-refractivity contribution in [3.8, 4) is 0 Å². The third-order valence-electron chi connectivity index (χ3n) is 3.15. The maximum absolute atomic E-state index is 12.5. The van der Waals surface area contributed by atoms with Crippen LogP contribution in [0.3, 0.4) is 0 Å². The molecule has 5 heteroatoms. The zero-order valence-electron chi connectivity index (χ0n) is 11.0. The number of fused-ring (bicyclic) bond motifs is 1. The Kier molecular flexibility index (Phi) is 3.46. The average Bonchev–Trinajstić information content (AvgIpc) is 2.50. The fourth-order valence-corrected chi connectivity index (χ4v) is 2.30. The molecule has 1 amide bonds. The van der Waals surface area contributed by atoms with E-state index in [4.69, 9.17) is 17.3 Å². The number of nitrogens with two attached hydrogens (primary N) is 1. The van der Waals surface area contributed by atoms with E-state index in [1.54, 1.807) is 42.6 Å². The van der Waals surface area contributed by atoms with Gasteiger partial charge in [-0.3, -0.25) is 9.78 Å². The van der Waals surface area contributed by atoms with Crippen LogP contribution in [0, 0.1) is 0 Å². The van der Waals surface area contributed by atoms with Crippen molar-refractivity contribution in [2.24, 2.45) is 0 Å². The first-order chi connectivity index (χ1) is 10.1. The highest BCUT2D eigenvalue weighted by molar-refractivity contribution is 6.31. The Morgan fingerprint density at radius 1 is 1.14 bits per heavy atom. The van der Waals surface area contributed by atoms with Gasteiger partial charge in [0.1, 0.15) is 0 Å². The van der Waals surface area contributed by atoms with Gasteiger partial charge in [0.2, 0.25) is 0 Å². The summed E-state index contributed by atoms with van der Waals surface area (Å²) in [5, 5.41) is 4.09. The van der Waals surface area contributed by atoms with E-state index in [1.807, 2.05) is 12.1 Å². The Morgan fingerprint density at radius 3 is 2.86 bits per heavy atom. The maximum atomic E-state index is 12.5. The monoisotopic (exact) mass is 297 g/mol. The van der Waals surface area contributed by atoms with Gasteiger partial charge in [-0.2, -0.15) is 0 Å². The van der Waals surface area contributed by atoms with Gasteiger partial charge in [-0.1, -0.05) is 23.7 Å². The van der Waals surface area contributed by atoms with Crippen molar-refractivity contribution in [2.45, 2.75) is 0 Å². The quantitative estimate of drug-likeness (QED) is 0.708. The molecule has 104 valence electrons. The number of hydrogen-bond donors (Lipinski definition) is 2. The first-order valence-electron chi connectivity index (χ1n) is 6.35. The maximum Gasteiger partial charge on any atom is 0.256 e. The second-order valence-corrected chi connectivity index (χ2v) is 5.00. The molecule has 2 aromatic carbocycles. The molecule has 0 aliphatic carbocycles. The highest BCUT2D eigenvalue weighted by Crippen LogP contribution is 2.24. The van der Waals surface area contributed by atoms with Gasteiger partial charge in [0.15, 0.2) is 0 Å². The minimum Gasteiger partial charge on any atom is -0.397 e. The van der Waals surface area contributed by atoms with Gasteiger partial charge < -0.3 is 11.1 Å². The summed E-state index contributed by atoms with van der Waals surface area (Å²) in [6.45, 7) is 0. The van der Waals surface area contributed by atoms with Crippen LogP contribution in [0.25, 0.3) is 10.9 Å². The minimum absolute atomic E-state index is 0.248. The van der Waals surface area contributed by atoms with Crippen molar-refractivity contribution >= 4 is 39.8 Å². The Hall–Kier alpha value is -2.59. The van der Waals surface area contributed by atoms with E-state index in [-0.39, 0.29) is 5.91 Å². The number of nitrogens with one attached hydrogen (secondary N) is 1. The third-order valence-corrected chi connectivity index (χ3v) is 3.39. The molecule has 1 heterocycles. The van der Waals surface area contributed by atoms with E-state index >= 15 is 0 Å². The molecule has 0 saturated heterocycles. The molecule has 0 fully saturated rings. The standard InChI is InChI=1S/C16H12ClN3O/c17-10-6-7-13(18)15(9-10)20-16(21)12-3-1-5-14-11(12)4-2-8-19-14/h1-9H,18H2,(H,20,21). The second-order valence-electron chi connectivity index (χ2n) is 4.56. The van der Waals surface area contributed by atoms with Gasteiger partial charge in [0.05, 0.1) is 16.9 Å². The van der Waals surface area contributed by atoms with Crippen molar-refractivity contribution in [3.05, 3.63) is 65.3 Å². The van der Waals surface area contributed by atoms with Gasteiger partial charge in [-0.15, -0.1) is 0 Å². The predicted molar refractivity (Wildman–Crippen MR) is 85.6 cm³/mol. The summed E-state index contributed by atoms with van der Waals surface area (Å²) in [7, 11) is 0. The molecule has 4 nitrogen and oxygen atoms in total. The van der Waals surface area contributed by atoms with Crippen molar-refractivity contribution in [3.63, 3.8) is 0 Å². The van der Waals surface area contributed by atoms with E-state index < -0.39 is 0 Å². The number of nitrogen functional groups attached to an aromatic ring is 1. The molecular formula is C16H12ClN3O. The Balaban J connectivity index is 1.99. The van der Waals surface area contributed by atoms with E-state index in [0.717, 1.165) is 10.9 Å². The molecule has 21 heavy (non-hydrogen) atoms. The molecule has 0 bridgehead atoms. The molecule has 0 atom stereocenters. The first kappa shape index (κ1) is 13.4. The topological polar surface area (TPSA) is 68.0 Å². The van der Waals surface area contributed by atoms with Crippen LogP contribution in [0.2, 0.25) is 5.02 Å². The van der Waals surface area contributed by atoms with Crippen LogP contribution in [0.4, 0.5) is 11.4 Å². The van der Waals surface area contributed by atoms with Crippen LogP contribution in [-0.2, 0) is 0 Å². The summed E-state index contributed by atoms with van der Waals surface area (Å²) < 4.78 is 0. The molecule has 3 N–H and O–H groups in total. The summed E-state index contributed by atoms with van der Waals surface area (Å²) >= 11 is 5.92. The van der Waals surface area contributed by atoms with Gasteiger partial charge in [0.25, 0.3) is 5.91 Å². The first-order valence-corrected chi connectivity index (χ1v) is 6.73. The van der Waals surface area contributed by atoms with Crippen LogP contribution >= 0.6 is 11.6 Å². The molecule has 0 saturated carbocycles. The fraction of sp³-hybridized carbons (Fsp3) is 0. The van der Waals surface area contributed by atoms with Crippen LogP contribution in [0.1, 0.15) is 10.4 Å². The molecule has 1 aromatic heterocycles. The number of carbonyl (C=O) groups excluding carboxylic acids is 1. The van der Waals surface area contributed by atoms with Crippen LogP contribution < -0.4 is 11.1 Å². The molecule has 0 aliphatic heterocycles. The Bertz CT molecular complexity index is 827. The molecule has 0 unspecified atom stereocenters. The van der Waals surface area contributed by atoms with E-state index in [2.05, 4.69) is 10.3 Å². The van der Waals surface area contributed by atoms with Gasteiger partial charge in [-0.25, -0.2) is 0 Å². The lowest BCUT2D eigenvalue weighted by molar-refractivity contribution is 0.102. The number of aromatic nitrogens is 1. The van der Waals surface area contributed by atoms with Crippen LogP contribution in [0.15, 0.2) is 54.7 Å². The highest BCUT2D eigenvalue weighted by Gasteiger charge is 2.12. The Morgan fingerprint density at radius 2 is 2.00 bits per heavy atom. The van der Waals surface area contributed by atoms with Crippen LogP contribution in [0.5, 0.6) is 0 Å². The summed E-state index contributed by atoms with van der Waals surface area (Å²) in [6, 6.07) is 14.0. The lowest BCUT2D eigenvalue weighted by atomic mass is 10.1. The van der Waals surface area contributed by atoms with Crippen molar-refractivity contribution in [1.82, 2.24) is 4.98 Å². The number of rotatable bonds is 2. The van der Waals surface area contributed by atoms with E-state index in [1.165, 1.54) is 0 Å². The average molecular weight is 298 g/mol. The number of hydrogen-bond acceptors (Lipinski definition) is 3. The lowest BCUT2D eigenvalue weighted by Crippen LogP contribution is -2.13. The van der Waals surface area contributed by atoms with E-state index in [0.29, 0.717) is 22.0 Å². The molecule has 3 aromatic rings. The summed E-state index contributed by atoms with van der Waals surface area (Å²) in [5.41, 5.74) is 8.11. The highest BCUT2D eigenvalue weighted by atomic mass is 35.5. The minimum atomic E-state index is -0.248. The Labute approximate surface area is 126 Å². The molecule has 0 radical (unpaired) electrons. The number of nitrogens with zero attached hydrogens (tertiary/aromatic N) is 1. The molecule has 0 aliphatic rings. The lowest BCUT2D eigenvalue weighted by Gasteiger charge is -2.10. The molecule has 3 rings (SSSR count). The summed E-state index contributed by atoms with van der Waals surface area (Å²) in [5.74, 6) is -0.248. The molecular weight excluding hydrogens is 286 g/mol. The SMILES string of the molecule is Nc1ccc(Cl)cc1NC(=O)c1cccc2ncccc12. The second kappa shape index (κ2) is 5.42. The fourth-order valence-electron chi connectivity index (χ4n) is 2.13. The van der Waals surface area contributed by atoms with Crippen molar-refractivity contribution in [1.29, 1.82) is 0 Å². The molecule has 0 spiro atoms. The number of pyridine rings is 1. The van der Waals surface area contributed by atoms with E-state index in [9.17, 15) is 4.79 Å². The summed E-state index contributed by atoms with van der Waals surface area (Å²) in [4.78, 5) is 16.7. The normalized spacial score (nSPS) is 10.5. The number of anilines is 2.